The van der Waals surface area contributed by atoms with Gasteiger partial charge in [-0.1, -0.05) is 0 Å². The number of carboxylic acids is 1. The van der Waals surface area contributed by atoms with Gasteiger partial charge < -0.3 is 15.1 Å². The minimum absolute atomic E-state index is 0.109. The first-order chi connectivity index (χ1) is 11.3. The zero-order valence-electron chi connectivity index (χ0n) is 13.4. The first-order valence-corrected chi connectivity index (χ1v) is 8.03. The van der Waals surface area contributed by atoms with Gasteiger partial charge in [-0.3, -0.25) is 4.79 Å². The van der Waals surface area contributed by atoms with Crippen LogP contribution in [0.3, 0.4) is 0 Å². The summed E-state index contributed by atoms with van der Waals surface area (Å²) in [7, 11) is 0. The van der Waals surface area contributed by atoms with Gasteiger partial charge in [-0.2, -0.15) is 13.2 Å². The Hall–Kier alpha value is -1.45. The quantitative estimate of drug-likeness (QED) is 0.729. The summed E-state index contributed by atoms with van der Waals surface area (Å²) >= 11 is 0. The second-order valence-corrected chi connectivity index (χ2v) is 7.00. The zero-order valence-corrected chi connectivity index (χ0v) is 13.4. The van der Waals surface area contributed by atoms with Crippen LogP contribution in [-0.4, -0.2) is 57.8 Å². The predicted molar refractivity (Wildman–Crippen MR) is 74.8 cm³/mol. The number of aliphatic hydroxyl groups is 1. The number of aliphatic carboxylic acids is 1. The van der Waals surface area contributed by atoms with E-state index in [0.717, 1.165) is 6.42 Å². The lowest BCUT2D eigenvalue weighted by Gasteiger charge is -2.41. The van der Waals surface area contributed by atoms with Gasteiger partial charge in [0.1, 0.15) is 0 Å². The van der Waals surface area contributed by atoms with Crippen LogP contribution in [0.2, 0.25) is 0 Å². The van der Waals surface area contributed by atoms with E-state index in [0.29, 0.717) is 25.7 Å². The number of halogens is 5. The number of carbonyl (C=O) groups is 2. The number of alkyl halides is 5. The lowest BCUT2D eigenvalue weighted by atomic mass is 9.77. The van der Waals surface area contributed by atoms with Crippen molar-refractivity contribution >= 4 is 11.9 Å². The molecule has 2 unspecified atom stereocenters. The molecular weight excluding hydrogens is 353 g/mol. The molecule has 144 valence electrons. The monoisotopic (exact) mass is 373 g/mol. The highest BCUT2D eigenvalue weighted by Gasteiger charge is 2.56. The molecule has 5 nitrogen and oxygen atoms in total. The fraction of sp³-hybridized carbons (Fsp3) is 0.867. The van der Waals surface area contributed by atoms with E-state index in [2.05, 4.69) is 0 Å². The van der Waals surface area contributed by atoms with Gasteiger partial charge in [0.2, 0.25) is 5.91 Å². The third kappa shape index (κ3) is 4.39. The minimum atomic E-state index is -5.08. The molecule has 3 aliphatic rings. The molecule has 1 amide bonds. The third-order valence-electron chi connectivity index (χ3n) is 5.19. The molecule has 0 aromatic rings. The Balaban J connectivity index is 0.000000277. The highest BCUT2D eigenvalue weighted by atomic mass is 19.4. The van der Waals surface area contributed by atoms with Crippen molar-refractivity contribution < 1.29 is 41.8 Å². The molecular formula is C15H20F5NO4. The largest absolute Gasteiger partial charge is 0.490 e. The summed E-state index contributed by atoms with van der Waals surface area (Å²) in [4.78, 5) is 22.5. The van der Waals surface area contributed by atoms with Crippen molar-refractivity contribution in [1.82, 2.24) is 4.90 Å². The van der Waals surface area contributed by atoms with Crippen molar-refractivity contribution in [1.29, 1.82) is 0 Å². The predicted octanol–water partition coefficient (Wildman–Crippen LogP) is 2.43. The Bertz CT molecular complexity index is 517. The molecule has 0 spiro atoms. The second-order valence-electron chi connectivity index (χ2n) is 7.00. The molecule has 3 rings (SSSR count). The van der Waals surface area contributed by atoms with Crippen LogP contribution in [0, 0.1) is 11.8 Å². The van der Waals surface area contributed by atoms with Gasteiger partial charge >= 0.3 is 12.1 Å². The summed E-state index contributed by atoms with van der Waals surface area (Å²) in [5.41, 5.74) is -0.851. The second kappa shape index (κ2) is 6.69. The van der Waals surface area contributed by atoms with Gasteiger partial charge in [-0.25, -0.2) is 13.6 Å². The molecule has 2 atom stereocenters. The molecule has 2 bridgehead atoms. The van der Waals surface area contributed by atoms with E-state index in [9.17, 15) is 31.9 Å². The zero-order chi connectivity index (χ0) is 19.0. The van der Waals surface area contributed by atoms with Crippen molar-refractivity contribution in [3.8, 4) is 0 Å². The molecule has 1 heterocycles. The van der Waals surface area contributed by atoms with E-state index in [4.69, 9.17) is 9.90 Å². The normalized spacial score (nSPS) is 29.3. The van der Waals surface area contributed by atoms with Crippen LogP contribution in [-0.2, 0) is 9.59 Å². The molecule has 1 saturated heterocycles. The highest BCUT2D eigenvalue weighted by molar-refractivity contribution is 5.77. The van der Waals surface area contributed by atoms with Gasteiger partial charge in [-0.05, 0) is 32.1 Å². The van der Waals surface area contributed by atoms with E-state index >= 15 is 0 Å². The molecule has 2 N–H and O–H groups in total. The van der Waals surface area contributed by atoms with Crippen molar-refractivity contribution in [2.45, 2.75) is 56.2 Å². The third-order valence-corrected chi connectivity index (χ3v) is 5.19. The van der Waals surface area contributed by atoms with E-state index in [1.807, 2.05) is 0 Å². The summed E-state index contributed by atoms with van der Waals surface area (Å²) in [5, 5.41) is 17.1. The van der Waals surface area contributed by atoms with E-state index in [1.165, 1.54) is 0 Å². The average molecular weight is 373 g/mol. The number of fused-ring (bicyclic) bond motifs is 2. The Labute approximate surface area is 140 Å². The minimum Gasteiger partial charge on any atom is -0.475 e. The maximum absolute atomic E-state index is 13.7. The number of piperidine rings is 1. The number of likely N-dealkylation sites (tertiary alicyclic amines) is 1. The Morgan fingerprint density at radius 1 is 1.08 bits per heavy atom. The Morgan fingerprint density at radius 2 is 1.52 bits per heavy atom. The number of carbonyl (C=O) groups excluding carboxylic acids is 1. The number of rotatable bonds is 2. The molecule has 0 aromatic carbocycles. The summed E-state index contributed by atoms with van der Waals surface area (Å²) in [6, 6.07) is 0. The van der Waals surface area contributed by atoms with Crippen LogP contribution in [0.15, 0.2) is 0 Å². The van der Waals surface area contributed by atoms with Crippen LogP contribution < -0.4 is 0 Å². The molecule has 0 radical (unpaired) electrons. The van der Waals surface area contributed by atoms with Gasteiger partial charge in [0, 0.05) is 24.9 Å². The van der Waals surface area contributed by atoms with Gasteiger partial charge in [0.25, 0.3) is 5.92 Å². The maximum Gasteiger partial charge on any atom is 0.490 e. The molecule has 25 heavy (non-hydrogen) atoms. The van der Waals surface area contributed by atoms with Crippen molar-refractivity contribution in [3.05, 3.63) is 0 Å². The fourth-order valence-corrected chi connectivity index (χ4v) is 3.51. The van der Waals surface area contributed by atoms with Crippen molar-refractivity contribution in [3.63, 3.8) is 0 Å². The highest BCUT2D eigenvalue weighted by Crippen LogP contribution is 2.49. The maximum atomic E-state index is 13.7. The summed E-state index contributed by atoms with van der Waals surface area (Å²) in [6.07, 6.45) is -1.66. The number of nitrogens with zero attached hydrogens (tertiary/aromatic N) is 1. The number of carboxylic acid groups (broad SMARTS) is 1. The van der Waals surface area contributed by atoms with Crippen LogP contribution in [0.4, 0.5) is 22.0 Å². The SMILES string of the molecule is O=C(CC1(O)CCC1)N1CC2CCC(C1)C2(F)F.O=C(O)C(F)(F)F. The summed E-state index contributed by atoms with van der Waals surface area (Å²) < 4.78 is 59.2. The lowest BCUT2D eigenvalue weighted by Crippen LogP contribution is -2.53. The Kier molecular flexibility index (Phi) is 5.32. The van der Waals surface area contributed by atoms with Crippen LogP contribution in [0.1, 0.15) is 38.5 Å². The molecule has 10 heteroatoms. The van der Waals surface area contributed by atoms with Crippen LogP contribution in [0.5, 0.6) is 0 Å². The first kappa shape index (κ1) is 19.9. The molecule has 2 saturated carbocycles. The van der Waals surface area contributed by atoms with E-state index in [1.54, 1.807) is 4.90 Å². The van der Waals surface area contributed by atoms with E-state index < -0.39 is 35.5 Å². The summed E-state index contributed by atoms with van der Waals surface area (Å²) in [6.45, 7) is 0.330. The summed E-state index contributed by atoms with van der Waals surface area (Å²) in [5.74, 6) is -6.84. The van der Waals surface area contributed by atoms with Gasteiger partial charge in [-0.15, -0.1) is 0 Å². The molecule has 3 fully saturated rings. The number of hydrogen-bond donors (Lipinski definition) is 2. The van der Waals surface area contributed by atoms with Crippen molar-refractivity contribution in [2.24, 2.45) is 11.8 Å². The molecule has 0 aromatic heterocycles. The van der Waals surface area contributed by atoms with Gasteiger partial charge in [0.15, 0.2) is 0 Å². The topological polar surface area (TPSA) is 77.8 Å². The molecule has 1 aliphatic heterocycles. The average Bonchev–Trinajstić information content (AvgIpc) is 2.65. The fourth-order valence-electron chi connectivity index (χ4n) is 3.51. The van der Waals surface area contributed by atoms with E-state index in [-0.39, 0.29) is 25.4 Å². The lowest BCUT2D eigenvalue weighted by molar-refractivity contribution is -0.192. The molecule has 2 aliphatic carbocycles. The standard InChI is InChI=1S/C13H19F2NO2.C2HF3O2/c14-13(15)9-2-3-10(13)8-16(7-9)11(17)6-12(18)4-1-5-12;3-2(4,5)1(6)7/h9-10,18H,1-8H2;(H,6,7). The van der Waals surface area contributed by atoms with Crippen molar-refractivity contribution in [2.75, 3.05) is 13.1 Å². The Morgan fingerprint density at radius 3 is 1.84 bits per heavy atom. The smallest absolute Gasteiger partial charge is 0.475 e. The van der Waals surface area contributed by atoms with Crippen LogP contribution >= 0.6 is 0 Å². The van der Waals surface area contributed by atoms with Crippen LogP contribution in [0.25, 0.3) is 0 Å². The first-order valence-electron chi connectivity index (χ1n) is 8.03. The van der Waals surface area contributed by atoms with Gasteiger partial charge in [0.05, 0.1) is 12.0 Å². The number of hydrogen-bond acceptors (Lipinski definition) is 3. The number of amides is 1.